The van der Waals surface area contributed by atoms with Gasteiger partial charge in [0.2, 0.25) is 5.91 Å². The molecule has 1 heterocycles. The van der Waals surface area contributed by atoms with Crippen LogP contribution in [0.2, 0.25) is 0 Å². The van der Waals surface area contributed by atoms with Crippen LogP contribution in [0.5, 0.6) is 5.75 Å². The van der Waals surface area contributed by atoms with Crippen molar-refractivity contribution in [2.75, 3.05) is 13.2 Å². The molecule has 1 aliphatic heterocycles. The average molecular weight is 285 g/mol. The van der Waals surface area contributed by atoms with Crippen molar-refractivity contribution in [2.24, 2.45) is 0 Å². The summed E-state index contributed by atoms with van der Waals surface area (Å²) in [5.41, 5.74) is 1.06. The molecule has 4 nitrogen and oxygen atoms in total. The molecule has 1 aliphatic rings. The molecular formula is C14H21ClN2O2. The number of rotatable bonds is 5. The fraction of sp³-hybridized carbons (Fsp3) is 0.500. The average Bonchev–Trinajstić information content (AvgIpc) is 2.91. The number of nitrogens with one attached hydrogen (secondary N) is 2. The Hall–Kier alpha value is -1.26. The lowest BCUT2D eigenvalue weighted by atomic mass is 10.2. The number of hydrogen-bond acceptors (Lipinski definition) is 3. The summed E-state index contributed by atoms with van der Waals surface area (Å²) < 4.78 is 5.43. The molecule has 0 saturated carbocycles. The van der Waals surface area contributed by atoms with Crippen LogP contribution < -0.4 is 15.4 Å². The minimum absolute atomic E-state index is 0. The molecule has 1 atom stereocenters. The molecule has 5 heteroatoms. The summed E-state index contributed by atoms with van der Waals surface area (Å²) in [4.78, 5) is 11.8. The van der Waals surface area contributed by atoms with Crippen LogP contribution in [0.25, 0.3) is 0 Å². The molecule has 1 aromatic rings. The highest BCUT2D eigenvalue weighted by atomic mass is 35.5. The van der Waals surface area contributed by atoms with E-state index in [-0.39, 0.29) is 24.4 Å². The smallest absolute Gasteiger partial charge is 0.237 e. The quantitative estimate of drug-likeness (QED) is 0.868. The van der Waals surface area contributed by atoms with Crippen molar-refractivity contribution in [3.8, 4) is 5.75 Å². The molecule has 19 heavy (non-hydrogen) atoms. The molecule has 1 amide bonds. The molecule has 2 N–H and O–H groups in total. The van der Waals surface area contributed by atoms with Crippen LogP contribution in [0, 0.1) is 0 Å². The summed E-state index contributed by atoms with van der Waals surface area (Å²) in [6.07, 6.45) is 2.02. The van der Waals surface area contributed by atoms with Gasteiger partial charge in [0.15, 0.2) is 0 Å². The van der Waals surface area contributed by atoms with E-state index in [9.17, 15) is 4.79 Å². The maximum Gasteiger partial charge on any atom is 0.237 e. The third-order valence-electron chi connectivity index (χ3n) is 3.05. The highest BCUT2D eigenvalue weighted by Crippen LogP contribution is 2.13. The zero-order valence-electron chi connectivity index (χ0n) is 11.1. The number of amides is 1. The maximum atomic E-state index is 11.8. The van der Waals surface area contributed by atoms with Crippen molar-refractivity contribution >= 4 is 18.3 Å². The minimum Gasteiger partial charge on any atom is -0.494 e. The van der Waals surface area contributed by atoms with Gasteiger partial charge in [0, 0.05) is 6.54 Å². The first-order chi connectivity index (χ1) is 8.79. The van der Waals surface area contributed by atoms with Gasteiger partial charge in [-0.3, -0.25) is 4.79 Å². The highest BCUT2D eigenvalue weighted by Gasteiger charge is 2.21. The second kappa shape index (κ2) is 8.02. The van der Waals surface area contributed by atoms with E-state index in [1.54, 1.807) is 0 Å². The number of carbonyl (C=O) groups excluding carboxylic acids is 1. The first-order valence-corrected chi connectivity index (χ1v) is 6.52. The predicted molar refractivity (Wildman–Crippen MR) is 77.7 cm³/mol. The van der Waals surface area contributed by atoms with Crippen molar-refractivity contribution in [1.29, 1.82) is 0 Å². The van der Waals surface area contributed by atoms with E-state index < -0.39 is 0 Å². The molecule has 0 radical (unpaired) electrons. The van der Waals surface area contributed by atoms with Crippen LogP contribution in [0.15, 0.2) is 24.3 Å². The van der Waals surface area contributed by atoms with E-state index in [2.05, 4.69) is 10.6 Å². The van der Waals surface area contributed by atoms with Gasteiger partial charge in [0.05, 0.1) is 12.6 Å². The lowest BCUT2D eigenvalue weighted by Crippen LogP contribution is -2.39. The molecule has 0 spiro atoms. The monoisotopic (exact) mass is 284 g/mol. The van der Waals surface area contributed by atoms with Crippen LogP contribution in [0.4, 0.5) is 0 Å². The molecule has 0 aromatic heterocycles. The largest absolute Gasteiger partial charge is 0.494 e. The zero-order valence-corrected chi connectivity index (χ0v) is 12.0. The van der Waals surface area contributed by atoms with E-state index >= 15 is 0 Å². The van der Waals surface area contributed by atoms with Gasteiger partial charge in [0.1, 0.15) is 5.75 Å². The summed E-state index contributed by atoms with van der Waals surface area (Å²) in [6, 6.07) is 7.81. The van der Waals surface area contributed by atoms with Gasteiger partial charge in [-0.15, -0.1) is 12.4 Å². The molecule has 0 bridgehead atoms. The summed E-state index contributed by atoms with van der Waals surface area (Å²) in [5, 5.41) is 6.14. The lowest BCUT2D eigenvalue weighted by Gasteiger charge is -2.11. The number of carbonyl (C=O) groups is 1. The third kappa shape index (κ3) is 4.73. The molecular weight excluding hydrogens is 264 g/mol. The number of halogens is 1. The lowest BCUT2D eigenvalue weighted by molar-refractivity contribution is -0.122. The highest BCUT2D eigenvalue weighted by molar-refractivity contribution is 5.85. The Bertz CT molecular complexity index is 406. The van der Waals surface area contributed by atoms with Crippen molar-refractivity contribution in [2.45, 2.75) is 32.4 Å². The van der Waals surface area contributed by atoms with Crippen LogP contribution in [-0.2, 0) is 11.3 Å². The van der Waals surface area contributed by atoms with Gasteiger partial charge in [0.25, 0.3) is 0 Å². The number of benzene rings is 1. The molecule has 106 valence electrons. The predicted octanol–water partition coefficient (Wildman–Crippen LogP) is 1.88. The Morgan fingerprint density at radius 2 is 2.37 bits per heavy atom. The Balaban J connectivity index is 0.00000180. The van der Waals surface area contributed by atoms with Crippen LogP contribution >= 0.6 is 12.4 Å². The van der Waals surface area contributed by atoms with E-state index in [4.69, 9.17) is 4.74 Å². The molecule has 0 unspecified atom stereocenters. The zero-order chi connectivity index (χ0) is 12.8. The first kappa shape index (κ1) is 15.8. The Labute approximate surface area is 120 Å². The Morgan fingerprint density at radius 3 is 3.05 bits per heavy atom. The second-order valence-corrected chi connectivity index (χ2v) is 4.45. The molecule has 1 fully saturated rings. The fourth-order valence-corrected chi connectivity index (χ4v) is 2.13. The number of ether oxygens (including phenoxy) is 1. The topological polar surface area (TPSA) is 50.4 Å². The summed E-state index contributed by atoms with van der Waals surface area (Å²) in [7, 11) is 0. The minimum atomic E-state index is -0.0138. The SMILES string of the molecule is CCOc1cccc(CNC(=O)[C@@H]2CCCN2)c1.Cl. The van der Waals surface area contributed by atoms with E-state index in [0.717, 1.165) is 30.7 Å². The van der Waals surface area contributed by atoms with E-state index in [0.29, 0.717) is 13.2 Å². The van der Waals surface area contributed by atoms with Gasteiger partial charge in [-0.2, -0.15) is 0 Å². The van der Waals surface area contributed by atoms with E-state index in [1.807, 2.05) is 31.2 Å². The van der Waals surface area contributed by atoms with Gasteiger partial charge in [-0.1, -0.05) is 12.1 Å². The molecule has 2 rings (SSSR count). The summed E-state index contributed by atoms with van der Waals surface area (Å²) >= 11 is 0. The van der Waals surface area contributed by atoms with E-state index in [1.165, 1.54) is 0 Å². The number of hydrogen-bond donors (Lipinski definition) is 2. The maximum absolute atomic E-state index is 11.8. The van der Waals surface area contributed by atoms with Crippen molar-refractivity contribution in [1.82, 2.24) is 10.6 Å². The Kier molecular flexibility index (Phi) is 6.67. The fourth-order valence-electron chi connectivity index (χ4n) is 2.13. The summed E-state index contributed by atoms with van der Waals surface area (Å²) in [6.45, 7) is 4.11. The summed E-state index contributed by atoms with van der Waals surface area (Å²) in [5.74, 6) is 0.942. The van der Waals surface area contributed by atoms with Crippen molar-refractivity contribution < 1.29 is 9.53 Å². The second-order valence-electron chi connectivity index (χ2n) is 4.45. The third-order valence-corrected chi connectivity index (χ3v) is 3.05. The molecule has 1 aromatic carbocycles. The standard InChI is InChI=1S/C14H20N2O2.ClH/c1-2-18-12-6-3-5-11(9-12)10-16-14(17)13-7-4-8-15-13;/h3,5-6,9,13,15H,2,4,7-8,10H2,1H3,(H,16,17);1H/t13-;/m0./s1. The van der Waals surface area contributed by atoms with Crippen LogP contribution in [0.1, 0.15) is 25.3 Å². The van der Waals surface area contributed by atoms with Crippen LogP contribution in [0.3, 0.4) is 0 Å². The van der Waals surface area contributed by atoms with Gasteiger partial charge >= 0.3 is 0 Å². The van der Waals surface area contributed by atoms with Crippen molar-refractivity contribution in [3.05, 3.63) is 29.8 Å². The van der Waals surface area contributed by atoms with Gasteiger partial charge < -0.3 is 15.4 Å². The van der Waals surface area contributed by atoms with Gasteiger partial charge in [-0.25, -0.2) is 0 Å². The molecule has 0 aliphatic carbocycles. The van der Waals surface area contributed by atoms with Crippen molar-refractivity contribution in [3.63, 3.8) is 0 Å². The normalized spacial score (nSPS) is 17.6. The Morgan fingerprint density at radius 1 is 1.53 bits per heavy atom. The first-order valence-electron chi connectivity index (χ1n) is 6.52. The molecule has 1 saturated heterocycles. The van der Waals surface area contributed by atoms with Crippen LogP contribution in [-0.4, -0.2) is 25.1 Å². The van der Waals surface area contributed by atoms with Gasteiger partial charge in [-0.05, 0) is 44.0 Å².